The molecule has 1 aromatic rings. The summed E-state index contributed by atoms with van der Waals surface area (Å²) in [5, 5.41) is 9.75. The highest BCUT2D eigenvalue weighted by Crippen LogP contribution is 2.32. The molecule has 1 aliphatic rings. The summed E-state index contributed by atoms with van der Waals surface area (Å²) in [5.74, 6) is -1.33. The van der Waals surface area contributed by atoms with E-state index in [0.717, 1.165) is 4.31 Å². The first kappa shape index (κ1) is 16.7. The van der Waals surface area contributed by atoms with Gasteiger partial charge in [0.1, 0.15) is 6.04 Å². The van der Waals surface area contributed by atoms with Crippen LogP contribution in [0.25, 0.3) is 0 Å². The van der Waals surface area contributed by atoms with Crippen LogP contribution in [0.4, 0.5) is 0 Å². The average molecular weight is 397 g/mol. The topological polar surface area (TPSA) is 74.7 Å². The minimum absolute atomic E-state index is 0.0409. The van der Waals surface area contributed by atoms with Gasteiger partial charge in [-0.2, -0.15) is 4.31 Å². The van der Waals surface area contributed by atoms with Crippen molar-refractivity contribution in [2.45, 2.75) is 30.7 Å². The van der Waals surface area contributed by atoms with Crippen molar-refractivity contribution >= 4 is 43.5 Å². The molecule has 5 nitrogen and oxygen atoms in total. The summed E-state index contributed by atoms with van der Waals surface area (Å²) >= 11 is 9.06. The number of hydrogen-bond donors (Lipinski definition) is 1. The van der Waals surface area contributed by atoms with Crippen LogP contribution in [-0.2, 0) is 14.8 Å². The van der Waals surface area contributed by atoms with Crippen molar-refractivity contribution in [3.63, 3.8) is 0 Å². The van der Waals surface area contributed by atoms with Crippen LogP contribution in [0.3, 0.4) is 0 Å². The van der Waals surface area contributed by atoms with Gasteiger partial charge in [-0.1, -0.05) is 18.5 Å². The Balaban J connectivity index is 2.45. The molecule has 0 radical (unpaired) electrons. The van der Waals surface area contributed by atoms with Crippen molar-refractivity contribution in [2.75, 3.05) is 6.54 Å². The van der Waals surface area contributed by atoms with Gasteiger partial charge in [-0.3, -0.25) is 4.79 Å². The van der Waals surface area contributed by atoms with Crippen molar-refractivity contribution in [2.24, 2.45) is 5.92 Å². The molecule has 2 atom stereocenters. The summed E-state index contributed by atoms with van der Waals surface area (Å²) in [7, 11) is -3.86. The van der Waals surface area contributed by atoms with Crippen LogP contribution in [0.15, 0.2) is 27.6 Å². The number of sulfonamides is 1. The number of aliphatic carboxylic acids is 1. The third-order valence-electron chi connectivity index (χ3n) is 3.64. The molecule has 2 rings (SSSR count). The van der Waals surface area contributed by atoms with Gasteiger partial charge in [0.25, 0.3) is 0 Å². The zero-order chi connectivity index (χ0) is 15.8. The monoisotopic (exact) mass is 395 g/mol. The zero-order valence-electron chi connectivity index (χ0n) is 11.3. The second-order valence-electron chi connectivity index (χ2n) is 5.09. The number of rotatable bonds is 3. The highest BCUT2D eigenvalue weighted by Gasteiger charge is 2.41. The Hall–Kier alpha value is -0.630. The predicted molar refractivity (Wildman–Crippen MR) is 82.9 cm³/mol. The average Bonchev–Trinajstić information content (AvgIpc) is 2.41. The Morgan fingerprint density at radius 1 is 1.48 bits per heavy atom. The molecule has 1 fully saturated rings. The SMILES string of the molecule is CC1CCCN(S(=O)(=O)c2ccc(Cl)c(Br)c2)C1C(=O)O. The van der Waals surface area contributed by atoms with Crippen molar-refractivity contribution in [1.82, 2.24) is 4.31 Å². The summed E-state index contributed by atoms with van der Waals surface area (Å²) in [4.78, 5) is 11.5. The van der Waals surface area contributed by atoms with Crippen LogP contribution in [0.1, 0.15) is 19.8 Å². The molecule has 8 heteroatoms. The number of hydrogen-bond acceptors (Lipinski definition) is 3. The third kappa shape index (κ3) is 3.26. The van der Waals surface area contributed by atoms with Crippen LogP contribution in [0.5, 0.6) is 0 Å². The number of benzene rings is 1. The van der Waals surface area contributed by atoms with E-state index in [2.05, 4.69) is 15.9 Å². The summed E-state index contributed by atoms with van der Waals surface area (Å²) in [5.41, 5.74) is 0. The van der Waals surface area contributed by atoms with Gasteiger partial charge in [0.2, 0.25) is 10.0 Å². The smallest absolute Gasteiger partial charge is 0.322 e. The van der Waals surface area contributed by atoms with E-state index in [1.54, 1.807) is 6.92 Å². The molecule has 0 bridgehead atoms. The molecular formula is C13H15BrClNO4S. The molecular weight excluding hydrogens is 382 g/mol. The molecule has 0 aliphatic carbocycles. The second-order valence-corrected chi connectivity index (χ2v) is 8.25. The Morgan fingerprint density at radius 2 is 2.14 bits per heavy atom. The van der Waals surface area contributed by atoms with Crippen molar-refractivity contribution in [3.05, 3.63) is 27.7 Å². The Kier molecular flexibility index (Phi) is 4.97. The molecule has 0 saturated carbocycles. The largest absolute Gasteiger partial charge is 0.480 e. The fourth-order valence-electron chi connectivity index (χ4n) is 2.56. The van der Waals surface area contributed by atoms with E-state index < -0.39 is 22.0 Å². The molecule has 116 valence electrons. The van der Waals surface area contributed by atoms with E-state index in [1.807, 2.05) is 0 Å². The summed E-state index contributed by atoms with van der Waals surface area (Å²) in [6.07, 6.45) is 1.35. The molecule has 0 amide bonds. The highest BCUT2D eigenvalue weighted by atomic mass is 79.9. The number of halogens is 2. The molecule has 21 heavy (non-hydrogen) atoms. The Morgan fingerprint density at radius 3 is 2.71 bits per heavy atom. The molecule has 1 N–H and O–H groups in total. The first-order valence-corrected chi connectivity index (χ1v) is 9.06. The van der Waals surface area contributed by atoms with Crippen LogP contribution in [-0.4, -0.2) is 36.4 Å². The lowest BCUT2D eigenvalue weighted by Gasteiger charge is -2.36. The van der Waals surface area contributed by atoms with Gasteiger partial charge in [0, 0.05) is 11.0 Å². The molecule has 0 spiro atoms. The molecule has 2 unspecified atom stereocenters. The van der Waals surface area contributed by atoms with Gasteiger partial charge in [-0.15, -0.1) is 0 Å². The maximum Gasteiger partial charge on any atom is 0.322 e. The number of carboxylic acids is 1. The molecule has 1 heterocycles. The minimum atomic E-state index is -3.86. The fraction of sp³-hybridized carbons (Fsp3) is 0.462. The zero-order valence-corrected chi connectivity index (χ0v) is 14.4. The van der Waals surface area contributed by atoms with Gasteiger partial charge < -0.3 is 5.11 Å². The van der Waals surface area contributed by atoms with Crippen LogP contribution in [0, 0.1) is 5.92 Å². The normalized spacial score (nSPS) is 24.0. The van der Waals surface area contributed by atoms with Gasteiger partial charge >= 0.3 is 5.97 Å². The maximum atomic E-state index is 12.7. The summed E-state index contributed by atoms with van der Waals surface area (Å²) < 4.78 is 27.0. The van der Waals surface area contributed by atoms with E-state index in [4.69, 9.17) is 11.6 Å². The maximum absolute atomic E-state index is 12.7. The van der Waals surface area contributed by atoms with Crippen LogP contribution >= 0.6 is 27.5 Å². The lowest BCUT2D eigenvalue weighted by Crippen LogP contribution is -2.51. The quantitative estimate of drug-likeness (QED) is 0.852. The summed E-state index contributed by atoms with van der Waals surface area (Å²) in [6.45, 7) is 1.97. The van der Waals surface area contributed by atoms with Crippen molar-refractivity contribution < 1.29 is 18.3 Å². The molecule has 1 saturated heterocycles. The van der Waals surface area contributed by atoms with Gasteiger partial charge in [0.05, 0.1) is 9.92 Å². The molecule has 1 aliphatic heterocycles. The van der Waals surface area contributed by atoms with Gasteiger partial charge in [-0.05, 0) is 52.9 Å². The van der Waals surface area contributed by atoms with Crippen LogP contribution < -0.4 is 0 Å². The van der Waals surface area contributed by atoms with E-state index in [-0.39, 0.29) is 17.4 Å². The minimum Gasteiger partial charge on any atom is -0.480 e. The van der Waals surface area contributed by atoms with Crippen LogP contribution in [0.2, 0.25) is 5.02 Å². The van der Waals surface area contributed by atoms with E-state index in [1.165, 1.54) is 18.2 Å². The highest BCUT2D eigenvalue weighted by molar-refractivity contribution is 9.10. The van der Waals surface area contributed by atoms with E-state index in [0.29, 0.717) is 22.3 Å². The Labute approximate surface area is 137 Å². The standard InChI is InChI=1S/C13H15BrClNO4S/c1-8-3-2-6-16(12(8)13(17)18)21(19,20)9-4-5-11(15)10(14)7-9/h4-5,7-8,12H,2-3,6H2,1H3,(H,17,18). The fourth-order valence-corrected chi connectivity index (χ4v) is 4.95. The van der Waals surface area contributed by atoms with E-state index >= 15 is 0 Å². The number of carbonyl (C=O) groups is 1. The Bertz CT molecular complexity index is 664. The molecule has 1 aromatic carbocycles. The third-order valence-corrected chi connectivity index (χ3v) is 6.73. The summed E-state index contributed by atoms with van der Waals surface area (Å²) in [6, 6.07) is 3.23. The van der Waals surface area contributed by atoms with Gasteiger partial charge in [0.15, 0.2) is 0 Å². The van der Waals surface area contributed by atoms with E-state index in [9.17, 15) is 18.3 Å². The predicted octanol–water partition coefficient (Wildman–Crippen LogP) is 2.98. The lowest BCUT2D eigenvalue weighted by molar-refractivity contribution is -0.144. The number of piperidine rings is 1. The second kappa shape index (κ2) is 6.24. The van der Waals surface area contributed by atoms with Gasteiger partial charge in [-0.25, -0.2) is 8.42 Å². The molecule has 0 aromatic heterocycles. The number of carboxylic acid groups (broad SMARTS) is 1. The van der Waals surface area contributed by atoms with Crippen molar-refractivity contribution in [1.29, 1.82) is 0 Å². The first-order valence-electron chi connectivity index (χ1n) is 6.45. The first-order chi connectivity index (χ1) is 9.75. The van der Waals surface area contributed by atoms with Crippen molar-refractivity contribution in [3.8, 4) is 0 Å². The lowest BCUT2D eigenvalue weighted by atomic mass is 9.93. The number of nitrogens with zero attached hydrogens (tertiary/aromatic N) is 1.